The zero-order valence-electron chi connectivity index (χ0n) is 12.8. The fourth-order valence-corrected chi connectivity index (χ4v) is 2.46. The van der Waals surface area contributed by atoms with E-state index in [1.54, 1.807) is 4.90 Å². The van der Waals surface area contributed by atoms with Crippen LogP contribution >= 0.6 is 0 Å². The Kier molecular flexibility index (Phi) is 5.88. The molecule has 0 aliphatic carbocycles. The van der Waals surface area contributed by atoms with Gasteiger partial charge in [-0.2, -0.15) is 0 Å². The Labute approximate surface area is 137 Å². The fourth-order valence-electron chi connectivity index (χ4n) is 2.46. The summed E-state index contributed by atoms with van der Waals surface area (Å²) in [5.41, 5.74) is 0.331. The lowest BCUT2D eigenvalue weighted by Crippen LogP contribution is -2.39. The summed E-state index contributed by atoms with van der Waals surface area (Å²) < 4.78 is 19.5. The standard InChI is InChI=1S/C14H18FN3O6/c15-12-7-10(1-2-13(12)16-3-5-24-6-4-16)17(14(20)21)8-11(19)9-18(22)23/h1-2,7,11,19H,3-6,8-9H2,(H,20,21). The molecule has 1 aliphatic rings. The number of amides is 1. The SMILES string of the molecule is O=C(O)N(CC(O)C[N+](=O)[O-])c1ccc(N2CCOCC2)c(F)c1. The third-order valence-electron chi connectivity index (χ3n) is 3.58. The molecule has 1 aromatic carbocycles. The topological polar surface area (TPSA) is 116 Å². The Hall–Kier alpha value is -2.46. The highest BCUT2D eigenvalue weighted by Gasteiger charge is 2.23. The first-order chi connectivity index (χ1) is 11.4. The van der Waals surface area contributed by atoms with Crippen LogP contribution in [0.5, 0.6) is 0 Å². The molecule has 1 atom stereocenters. The maximum absolute atomic E-state index is 14.3. The Bertz CT molecular complexity index is 608. The van der Waals surface area contributed by atoms with Crippen LogP contribution in [0.25, 0.3) is 0 Å². The van der Waals surface area contributed by atoms with Gasteiger partial charge >= 0.3 is 6.09 Å². The van der Waals surface area contributed by atoms with Crippen molar-refractivity contribution in [3.8, 4) is 0 Å². The van der Waals surface area contributed by atoms with Gasteiger partial charge in [-0.3, -0.25) is 15.0 Å². The first-order valence-electron chi connectivity index (χ1n) is 7.31. The van der Waals surface area contributed by atoms with Gasteiger partial charge in [0.15, 0.2) is 0 Å². The van der Waals surface area contributed by atoms with E-state index in [1.807, 2.05) is 0 Å². The van der Waals surface area contributed by atoms with Gasteiger partial charge in [0, 0.05) is 18.0 Å². The lowest BCUT2D eigenvalue weighted by molar-refractivity contribution is -0.489. The molecule has 132 valence electrons. The first kappa shape index (κ1) is 17.9. The number of halogens is 1. The average Bonchev–Trinajstić information content (AvgIpc) is 2.52. The van der Waals surface area contributed by atoms with Crippen molar-refractivity contribution in [2.45, 2.75) is 6.10 Å². The fraction of sp³-hybridized carbons (Fsp3) is 0.500. The second-order valence-electron chi connectivity index (χ2n) is 5.30. The predicted molar refractivity (Wildman–Crippen MR) is 82.7 cm³/mol. The summed E-state index contributed by atoms with van der Waals surface area (Å²) in [5, 5.41) is 29.2. The van der Waals surface area contributed by atoms with Crippen LogP contribution in [0.1, 0.15) is 0 Å². The van der Waals surface area contributed by atoms with Gasteiger partial charge in [0.1, 0.15) is 11.9 Å². The Morgan fingerprint density at radius 3 is 2.67 bits per heavy atom. The van der Waals surface area contributed by atoms with E-state index in [9.17, 15) is 29.5 Å². The minimum absolute atomic E-state index is 0.000549. The zero-order chi connectivity index (χ0) is 17.7. The van der Waals surface area contributed by atoms with Crippen molar-refractivity contribution in [2.75, 3.05) is 49.2 Å². The van der Waals surface area contributed by atoms with E-state index >= 15 is 0 Å². The summed E-state index contributed by atoms with van der Waals surface area (Å²) in [6.45, 7) is 0.705. The van der Waals surface area contributed by atoms with E-state index in [1.165, 1.54) is 12.1 Å². The average molecular weight is 343 g/mol. The van der Waals surface area contributed by atoms with Crippen LogP contribution in [-0.2, 0) is 4.74 Å². The van der Waals surface area contributed by atoms with E-state index in [2.05, 4.69) is 0 Å². The number of hydrogen-bond acceptors (Lipinski definition) is 6. The number of morpholine rings is 1. The molecule has 9 nitrogen and oxygen atoms in total. The minimum atomic E-state index is -1.49. The van der Waals surface area contributed by atoms with Crippen LogP contribution in [0.2, 0.25) is 0 Å². The quantitative estimate of drug-likeness (QED) is 0.579. The summed E-state index contributed by atoms with van der Waals surface area (Å²) in [4.78, 5) is 23.4. The number of rotatable bonds is 6. The van der Waals surface area contributed by atoms with Gasteiger partial charge in [-0.15, -0.1) is 0 Å². The minimum Gasteiger partial charge on any atom is -0.465 e. The highest BCUT2D eigenvalue weighted by Crippen LogP contribution is 2.26. The number of carbonyl (C=O) groups is 1. The van der Waals surface area contributed by atoms with Gasteiger partial charge in [-0.25, -0.2) is 9.18 Å². The number of benzene rings is 1. The highest BCUT2D eigenvalue weighted by atomic mass is 19.1. The van der Waals surface area contributed by atoms with Crippen molar-refractivity contribution in [3.05, 3.63) is 34.1 Å². The van der Waals surface area contributed by atoms with Gasteiger partial charge in [0.2, 0.25) is 6.54 Å². The normalized spacial score (nSPS) is 15.8. The molecule has 1 aromatic rings. The maximum atomic E-state index is 14.3. The zero-order valence-corrected chi connectivity index (χ0v) is 12.8. The number of aliphatic hydroxyl groups is 1. The first-order valence-corrected chi connectivity index (χ1v) is 7.31. The largest absolute Gasteiger partial charge is 0.465 e. The second-order valence-corrected chi connectivity index (χ2v) is 5.30. The lowest BCUT2D eigenvalue weighted by atomic mass is 10.2. The number of aliphatic hydroxyl groups excluding tert-OH is 1. The summed E-state index contributed by atoms with van der Waals surface area (Å²) in [5.74, 6) is -0.607. The lowest BCUT2D eigenvalue weighted by Gasteiger charge is -2.29. The Morgan fingerprint density at radius 2 is 2.12 bits per heavy atom. The Morgan fingerprint density at radius 1 is 1.46 bits per heavy atom. The summed E-state index contributed by atoms with van der Waals surface area (Å²) in [7, 11) is 0. The van der Waals surface area contributed by atoms with Crippen LogP contribution in [0.4, 0.5) is 20.6 Å². The molecule has 24 heavy (non-hydrogen) atoms. The maximum Gasteiger partial charge on any atom is 0.411 e. The van der Waals surface area contributed by atoms with Crippen molar-refractivity contribution < 1.29 is 29.1 Å². The molecule has 0 aromatic heterocycles. The van der Waals surface area contributed by atoms with Crippen LogP contribution in [0.3, 0.4) is 0 Å². The molecular weight excluding hydrogens is 325 g/mol. The molecule has 0 spiro atoms. The van der Waals surface area contributed by atoms with Gasteiger partial charge in [-0.1, -0.05) is 0 Å². The predicted octanol–water partition coefficient (Wildman–Crippen LogP) is 0.784. The van der Waals surface area contributed by atoms with E-state index < -0.39 is 36.0 Å². The molecule has 1 heterocycles. The van der Waals surface area contributed by atoms with Gasteiger partial charge in [0.25, 0.3) is 0 Å². The molecule has 1 saturated heterocycles. The molecule has 0 saturated carbocycles. The van der Waals surface area contributed by atoms with Gasteiger partial charge in [-0.05, 0) is 18.2 Å². The molecule has 1 unspecified atom stereocenters. The second kappa shape index (κ2) is 7.88. The third kappa shape index (κ3) is 4.52. The van der Waals surface area contributed by atoms with E-state index in [4.69, 9.17) is 4.74 Å². The van der Waals surface area contributed by atoms with Crippen LogP contribution < -0.4 is 9.80 Å². The molecule has 0 radical (unpaired) electrons. The van der Waals surface area contributed by atoms with Gasteiger partial charge in [0.05, 0.1) is 31.1 Å². The summed E-state index contributed by atoms with van der Waals surface area (Å²) in [6.07, 6.45) is -2.92. The van der Waals surface area contributed by atoms with Crippen molar-refractivity contribution in [1.82, 2.24) is 0 Å². The van der Waals surface area contributed by atoms with Gasteiger partial charge < -0.3 is 19.8 Å². The van der Waals surface area contributed by atoms with Crippen molar-refractivity contribution >= 4 is 17.5 Å². The smallest absolute Gasteiger partial charge is 0.411 e. The monoisotopic (exact) mass is 343 g/mol. The van der Waals surface area contributed by atoms with Crippen molar-refractivity contribution in [2.24, 2.45) is 0 Å². The van der Waals surface area contributed by atoms with Crippen molar-refractivity contribution in [1.29, 1.82) is 0 Å². The molecule has 2 rings (SSSR count). The molecule has 1 amide bonds. The summed E-state index contributed by atoms with van der Waals surface area (Å²) in [6, 6.07) is 3.89. The number of carboxylic acid groups (broad SMARTS) is 1. The number of nitrogens with zero attached hydrogens (tertiary/aromatic N) is 3. The van der Waals surface area contributed by atoms with Crippen molar-refractivity contribution in [3.63, 3.8) is 0 Å². The summed E-state index contributed by atoms with van der Waals surface area (Å²) >= 11 is 0. The van der Waals surface area contributed by atoms with E-state index in [-0.39, 0.29) is 5.69 Å². The van der Waals surface area contributed by atoms with Crippen LogP contribution in [-0.4, -0.2) is 66.7 Å². The highest BCUT2D eigenvalue weighted by molar-refractivity contribution is 5.86. The molecule has 1 fully saturated rings. The molecule has 1 aliphatic heterocycles. The number of nitro groups is 1. The number of ether oxygens (including phenoxy) is 1. The number of anilines is 2. The van der Waals surface area contributed by atoms with Crippen LogP contribution in [0.15, 0.2) is 18.2 Å². The van der Waals surface area contributed by atoms with Crippen LogP contribution in [0, 0.1) is 15.9 Å². The molecule has 2 N–H and O–H groups in total. The molecular formula is C14H18FN3O6. The Balaban J connectivity index is 2.16. The van der Waals surface area contributed by atoms with E-state index in [0.717, 1.165) is 6.07 Å². The molecule has 10 heteroatoms. The van der Waals surface area contributed by atoms with E-state index in [0.29, 0.717) is 36.9 Å². The number of hydrogen-bond donors (Lipinski definition) is 2. The third-order valence-corrected chi connectivity index (χ3v) is 3.58. The molecule has 0 bridgehead atoms.